The number of ether oxygens (including phenoxy) is 2. The van der Waals surface area contributed by atoms with Crippen LogP contribution in [-0.2, 0) is 9.47 Å². The molecule has 1 aliphatic carbocycles. The highest BCUT2D eigenvalue weighted by atomic mass is 16.5. The number of nitrogens with zero attached hydrogens (tertiary/aromatic N) is 1. The Morgan fingerprint density at radius 2 is 2.10 bits per heavy atom. The van der Waals surface area contributed by atoms with E-state index in [4.69, 9.17) is 15.2 Å². The maximum atomic E-state index is 6.86. The van der Waals surface area contributed by atoms with Crippen molar-refractivity contribution >= 4 is 0 Å². The molecule has 2 heterocycles. The Morgan fingerprint density at radius 1 is 1.35 bits per heavy atom. The van der Waals surface area contributed by atoms with Crippen LogP contribution in [0.4, 0.5) is 0 Å². The van der Waals surface area contributed by atoms with Crippen LogP contribution in [0, 0.1) is 17.3 Å². The molecule has 0 aromatic heterocycles. The fourth-order valence-corrected chi connectivity index (χ4v) is 4.71. The van der Waals surface area contributed by atoms with Gasteiger partial charge in [0.1, 0.15) is 0 Å². The van der Waals surface area contributed by atoms with Crippen LogP contribution in [0.15, 0.2) is 0 Å². The van der Waals surface area contributed by atoms with Crippen LogP contribution in [0.25, 0.3) is 0 Å². The number of piperidine rings is 1. The molecule has 4 nitrogen and oxygen atoms in total. The van der Waals surface area contributed by atoms with Gasteiger partial charge >= 0.3 is 0 Å². The van der Waals surface area contributed by atoms with Gasteiger partial charge in [-0.3, -0.25) is 4.90 Å². The summed E-state index contributed by atoms with van der Waals surface area (Å²) in [6.07, 6.45) is 3.06. The Balaban J connectivity index is 1.68. The van der Waals surface area contributed by atoms with Crippen molar-refractivity contribution in [3.05, 3.63) is 0 Å². The number of rotatable bonds is 3. The molecule has 116 valence electrons. The van der Waals surface area contributed by atoms with E-state index in [2.05, 4.69) is 25.7 Å². The molecule has 0 spiro atoms. The van der Waals surface area contributed by atoms with Gasteiger partial charge in [-0.15, -0.1) is 0 Å². The normalized spacial score (nSPS) is 47.9. The second kappa shape index (κ2) is 4.94. The van der Waals surface area contributed by atoms with E-state index in [0.717, 1.165) is 32.7 Å². The zero-order valence-corrected chi connectivity index (χ0v) is 13.4. The summed E-state index contributed by atoms with van der Waals surface area (Å²) in [7, 11) is 1.83. The van der Waals surface area contributed by atoms with Gasteiger partial charge < -0.3 is 15.2 Å². The van der Waals surface area contributed by atoms with Crippen molar-refractivity contribution in [3.8, 4) is 0 Å². The highest BCUT2D eigenvalue weighted by Crippen LogP contribution is 2.58. The molecule has 2 N–H and O–H groups in total. The van der Waals surface area contributed by atoms with Gasteiger partial charge in [0.25, 0.3) is 0 Å². The van der Waals surface area contributed by atoms with Crippen molar-refractivity contribution in [3.63, 3.8) is 0 Å². The third kappa shape index (κ3) is 1.96. The fraction of sp³-hybridized carbons (Fsp3) is 1.00. The summed E-state index contributed by atoms with van der Waals surface area (Å²) in [5.41, 5.74) is 6.83. The van der Waals surface area contributed by atoms with Crippen LogP contribution in [0.3, 0.4) is 0 Å². The molecule has 5 atom stereocenters. The number of fused-ring (bicyclic) bond motifs is 1. The van der Waals surface area contributed by atoms with E-state index in [0.29, 0.717) is 24.0 Å². The summed E-state index contributed by atoms with van der Waals surface area (Å²) in [4.78, 5) is 2.52. The summed E-state index contributed by atoms with van der Waals surface area (Å²) in [6.45, 7) is 10.9. The minimum absolute atomic E-state index is 0.0831. The Hall–Kier alpha value is -0.160. The summed E-state index contributed by atoms with van der Waals surface area (Å²) in [5, 5.41) is 0. The van der Waals surface area contributed by atoms with Crippen LogP contribution in [0.2, 0.25) is 0 Å². The van der Waals surface area contributed by atoms with Gasteiger partial charge in [-0.2, -0.15) is 0 Å². The quantitative estimate of drug-likeness (QED) is 0.852. The van der Waals surface area contributed by atoms with Crippen LogP contribution >= 0.6 is 0 Å². The van der Waals surface area contributed by atoms with E-state index in [1.54, 1.807) is 0 Å². The van der Waals surface area contributed by atoms with Gasteiger partial charge in [0, 0.05) is 43.7 Å². The Kier molecular flexibility index (Phi) is 3.65. The summed E-state index contributed by atoms with van der Waals surface area (Å²) in [6, 6.07) is 0. The number of nitrogens with two attached hydrogens (primary N) is 1. The monoisotopic (exact) mass is 282 g/mol. The molecule has 3 aliphatic rings. The van der Waals surface area contributed by atoms with Crippen LogP contribution in [0.5, 0.6) is 0 Å². The maximum Gasteiger partial charge on any atom is 0.0724 e. The van der Waals surface area contributed by atoms with Crippen molar-refractivity contribution in [1.29, 1.82) is 0 Å². The molecule has 1 saturated carbocycles. The highest BCUT2D eigenvalue weighted by molar-refractivity contribution is 5.21. The average Bonchev–Trinajstić information content (AvgIpc) is 2.89. The highest BCUT2D eigenvalue weighted by Gasteiger charge is 2.67. The van der Waals surface area contributed by atoms with E-state index in [1.165, 1.54) is 6.42 Å². The maximum absolute atomic E-state index is 6.86. The number of likely N-dealkylation sites (tertiary alicyclic amines) is 1. The van der Waals surface area contributed by atoms with Crippen molar-refractivity contribution in [1.82, 2.24) is 4.90 Å². The Morgan fingerprint density at radius 3 is 2.80 bits per heavy atom. The van der Waals surface area contributed by atoms with E-state index >= 15 is 0 Å². The van der Waals surface area contributed by atoms with Crippen molar-refractivity contribution in [2.24, 2.45) is 23.0 Å². The molecule has 0 aromatic carbocycles. The molecule has 0 radical (unpaired) electrons. The molecule has 2 saturated heterocycles. The zero-order chi connectivity index (χ0) is 14.5. The molecule has 3 rings (SSSR count). The smallest absolute Gasteiger partial charge is 0.0724 e. The molecule has 20 heavy (non-hydrogen) atoms. The van der Waals surface area contributed by atoms with Crippen LogP contribution < -0.4 is 5.73 Å². The first-order chi connectivity index (χ1) is 9.40. The molecule has 0 amide bonds. The molecule has 5 unspecified atom stereocenters. The molecule has 2 aliphatic heterocycles. The van der Waals surface area contributed by atoms with Crippen molar-refractivity contribution in [2.75, 3.05) is 33.4 Å². The largest absolute Gasteiger partial charge is 0.380 e. The second-order valence-electron chi connectivity index (χ2n) is 7.72. The number of hydrogen-bond acceptors (Lipinski definition) is 4. The second-order valence-corrected chi connectivity index (χ2v) is 7.72. The van der Waals surface area contributed by atoms with Crippen molar-refractivity contribution in [2.45, 2.75) is 51.4 Å². The molecule has 4 heteroatoms. The van der Waals surface area contributed by atoms with E-state index in [1.807, 2.05) is 7.11 Å². The third-order valence-corrected chi connectivity index (χ3v) is 6.43. The van der Waals surface area contributed by atoms with Gasteiger partial charge in [-0.25, -0.2) is 0 Å². The lowest BCUT2D eigenvalue weighted by Gasteiger charge is -2.63. The fourth-order valence-electron chi connectivity index (χ4n) is 4.71. The molecule has 0 bridgehead atoms. The predicted octanol–water partition coefficient (Wildman–Crippen LogP) is 1.49. The van der Waals surface area contributed by atoms with Crippen LogP contribution in [-0.4, -0.2) is 56.0 Å². The molecule has 3 fully saturated rings. The van der Waals surface area contributed by atoms with Gasteiger partial charge in [-0.05, 0) is 25.3 Å². The number of hydrogen-bond donors (Lipinski definition) is 1. The minimum atomic E-state index is -0.104. The summed E-state index contributed by atoms with van der Waals surface area (Å²) < 4.78 is 11.5. The van der Waals surface area contributed by atoms with Gasteiger partial charge in [0.15, 0.2) is 0 Å². The Labute approximate surface area is 123 Å². The minimum Gasteiger partial charge on any atom is -0.380 e. The lowest BCUT2D eigenvalue weighted by Crippen LogP contribution is -2.78. The SMILES string of the molecule is COC1CN(CC2(N)C3CCOC3C2(C)C)CCC1C. The van der Waals surface area contributed by atoms with Gasteiger partial charge in [0.05, 0.1) is 12.2 Å². The van der Waals surface area contributed by atoms with Gasteiger partial charge in [0.2, 0.25) is 0 Å². The van der Waals surface area contributed by atoms with E-state index in [-0.39, 0.29) is 11.0 Å². The van der Waals surface area contributed by atoms with E-state index < -0.39 is 0 Å². The topological polar surface area (TPSA) is 47.7 Å². The Bertz CT molecular complexity index is 373. The number of methoxy groups -OCH3 is 1. The lowest BCUT2D eigenvalue weighted by molar-refractivity contribution is -0.167. The van der Waals surface area contributed by atoms with Crippen LogP contribution in [0.1, 0.15) is 33.6 Å². The first kappa shape index (κ1) is 14.8. The molecular formula is C16H30N2O2. The molecular weight excluding hydrogens is 252 g/mol. The zero-order valence-electron chi connectivity index (χ0n) is 13.4. The summed E-state index contributed by atoms with van der Waals surface area (Å²) in [5.74, 6) is 1.19. The van der Waals surface area contributed by atoms with E-state index in [9.17, 15) is 0 Å². The first-order valence-corrected chi connectivity index (χ1v) is 8.06. The lowest BCUT2D eigenvalue weighted by atomic mass is 9.48. The third-order valence-electron chi connectivity index (χ3n) is 6.43. The van der Waals surface area contributed by atoms with Crippen molar-refractivity contribution < 1.29 is 9.47 Å². The predicted molar refractivity (Wildman–Crippen MR) is 79.6 cm³/mol. The first-order valence-electron chi connectivity index (χ1n) is 8.06. The standard InChI is InChI=1S/C16H30N2O2/c1-11-5-7-18(9-13(11)19-4)10-16(17)12-6-8-20-14(12)15(16,2)3/h11-14H,5-10,17H2,1-4H3. The summed E-state index contributed by atoms with van der Waals surface area (Å²) >= 11 is 0. The molecule has 0 aromatic rings. The van der Waals surface area contributed by atoms with Gasteiger partial charge in [-0.1, -0.05) is 20.8 Å². The average molecular weight is 282 g/mol.